The van der Waals surface area contributed by atoms with Crippen LogP contribution in [0.5, 0.6) is 0 Å². The minimum atomic E-state index is -0.845. The van der Waals surface area contributed by atoms with Crippen LogP contribution in [-0.4, -0.2) is 59.9 Å². The normalized spacial score (nSPS) is 12.2. The zero-order chi connectivity index (χ0) is 30.8. The predicted octanol–water partition coefficient (Wildman–Crippen LogP) is 6.07. The van der Waals surface area contributed by atoms with Crippen molar-refractivity contribution in [1.29, 1.82) is 0 Å². The molecular formula is C32H44N2O7. The van der Waals surface area contributed by atoms with Gasteiger partial charge in [-0.05, 0) is 90.0 Å². The molecule has 3 amide bonds. The van der Waals surface area contributed by atoms with Crippen molar-refractivity contribution in [3.8, 4) is 11.1 Å². The van der Waals surface area contributed by atoms with Crippen molar-refractivity contribution in [1.82, 2.24) is 10.2 Å². The molecule has 0 bridgehead atoms. The molecule has 0 aliphatic heterocycles. The van der Waals surface area contributed by atoms with Gasteiger partial charge < -0.3 is 19.5 Å². The topological polar surface area (TPSA) is 111 Å². The van der Waals surface area contributed by atoms with Gasteiger partial charge in [0, 0.05) is 13.0 Å². The van der Waals surface area contributed by atoms with Gasteiger partial charge in [0.15, 0.2) is 0 Å². The zero-order valence-corrected chi connectivity index (χ0v) is 25.5. The highest BCUT2D eigenvalue weighted by Gasteiger charge is 2.26. The van der Waals surface area contributed by atoms with Crippen molar-refractivity contribution in [3.05, 3.63) is 59.7 Å². The lowest BCUT2D eigenvalue weighted by Gasteiger charge is -2.25. The van der Waals surface area contributed by atoms with Crippen LogP contribution in [0, 0.1) is 0 Å². The molecule has 2 aromatic carbocycles. The maximum atomic E-state index is 12.8. The third-order valence-corrected chi connectivity index (χ3v) is 5.94. The summed E-state index contributed by atoms with van der Waals surface area (Å²) in [4.78, 5) is 50.8. The summed E-state index contributed by atoms with van der Waals surface area (Å²) in [7, 11) is 1.28. The number of benzene rings is 2. The molecule has 224 valence electrons. The van der Waals surface area contributed by atoms with Crippen LogP contribution in [0.2, 0.25) is 0 Å². The molecule has 9 heteroatoms. The van der Waals surface area contributed by atoms with E-state index in [1.165, 1.54) is 7.11 Å². The second kappa shape index (κ2) is 14.7. The van der Waals surface area contributed by atoms with Gasteiger partial charge in [-0.3, -0.25) is 4.79 Å². The summed E-state index contributed by atoms with van der Waals surface area (Å²) < 4.78 is 15.5. The van der Waals surface area contributed by atoms with Gasteiger partial charge in [-0.1, -0.05) is 48.5 Å². The molecule has 0 spiro atoms. The first-order valence-electron chi connectivity index (χ1n) is 13.9. The smallest absolute Gasteiger partial charge is 0.417 e. The van der Waals surface area contributed by atoms with Crippen LogP contribution in [-0.2, 0) is 36.6 Å². The highest BCUT2D eigenvalue weighted by molar-refractivity contribution is 5.92. The maximum absolute atomic E-state index is 12.8. The Bertz CT molecular complexity index is 1210. The Morgan fingerprint density at radius 3 is 1.85 bits per heavy atom. The van der Waals surface area contributed by atoms with E-state index in [4.69, 9.17) is 14.2 Å². The van der Waals surface area contributed by atoms with Crippen LogP contribution in [0.25, 0.3) is 11.1 Å². The van der Waals surface area contributed by atoms with Crippen LogP contribution in [0.15, 0.2) is 48.5 Å². The average molecular weight is 569 g/mol. The fraction of sp³-hybridized carbons (Fsp3) is 0.500. The lowest BCUT2D eigenvalue weighted by atomic mass is 9.97. The highest BCUT2D eigenvalue weighted by atomic mass is 16.6. The second-order valence-electron chi connectivity index (χ2n) is 11.8. The molecule has 1 atom stereocenters. The van der Waals surface area contributed by atoms with Gasteiger partial charge in [0.2, 0.25) is 5.91 Å². The van der Waals surface area contributed by atoms with E-state index in [0.717, 1.165) is 27.2 Å². The van der Waals surface area contributed by atoms with Crippen LogP contribution < -0.4 is 5.32 Å². The summed E-state index contributed by atoms with van der Waals surface area (Å²) in [6, 6.07) is 15.0. The first-order chi connectivity index (χ1) is 19.1. The van der Waals surface area contributed by atoms with Gasteiger partial charge >= 0.3 is 18.2 Å². The number of nitrogens with zero attached hydrogens (tertiary/aromatic N) is 1. The Balaban J connectivity index is 2.07. The summed E-state index contributed by atoms with van der Waals surface area (Å²) in [6.45, 7) is 12.5. The molecule has 2 rings (SSSR count). The van der Waals surface area contributed by atoms with Crippen LogP contribution in [0.3, 0.4) is 0 Å². The highest BCUT2D eigenvalue weighted by Crippen LogP contribution is 2.23. The number of hydrogen-bond acceptors (Lipinski definition) is 7. The van der Waals surface area contributed by atoms with Gasteiger partial charge in [0.25, 0.3) is 0 Å². The van der Waals surface area contributed by atoms with Crippen molar-refractivity contribution in [2.75, 3.05) is 13.7 Å². The van der Waals surface area contributed by atoms with E-state index >= 15 is 0 Å². The first kappa shape index (κ1) is 33.3. The number of amides is 3. The molecule has 0 aliphatic rings. The Kier molecular flexibility index (Phi) is 11.9. The van der Waals surface area contributed by atoms with Crippen molar-refractivity contribution >= 4 is 24.1 Å². The summed E-state index contributed by atoms with van der Waals surface area (Å²) in [6.07, 6.45) is 0.202. The van der Waals surface area contributed by atoms with Crippen LogP contribution >= 0.6 is 0 Å². The van der Waals surface area contributed by atoms with Gasteiger partial charge in [0.1, 0.15) is 17.2 Å². The van der Waals surface area contributed by atoms with Gasteiger partial charge in [-0.25, -0.2) is 19.3 Å². The third-order valence-electron chi connectivity index (χ3n) is 5.94. The number of alkyl carbamates (subject to hydrolysis) is 1. The number of nitrogens with one attached hydrogen (secondary N) is 1. The lowest BCUT2D eigenvalue weighted by molar-refractivity contribution is -0.143. The number of ether oxygens (including phenoxy) is 3. The number of esters is 1. The molecule has 1 N–H and O–H groups in total. The van der Waals surface area contributed by atoms with E-state index < -0.39 is 35.4 Å². The average Bonchev–Trinajstić information content (AvgIpc) is 2.88. The predicted molar refractivity (Wildman–Crippen MR) is 157 cm³/mol. The SMILES string of the molecule is CCN(C(=O)CCc1cccc(-c2cccc(CC[C@H](NC(=O)OC(C)(C)C)C(=O)OC)c2)c1)C(=O)OC(C)(C)C. The molecule has 0 saturated heterocycles. The van der Waals surface area contributed by atoms with E-state index in [9.17, 15) is 19.2 Å². The molecule has 0 fully saturated rings. The zero-order valence-electron chi connectivity index (χ0n) is 25.5. The molecule has 0 aromatic heterocycles. The van der Waals surface area contributed by atoms with Crippen molar-refractivity contribution in [2.45, 2.75) is 91.4 Å². The molecule has 0 saturated carbocycles. The summed E-state index contributed by atoms with van der Waals surface area (Å²) in [5.41, 5.74) is 2.55. The standard InChI is InChI=1S/C32H44N2O7/c1-9-34(30(38)41-32(5,6)7)27(35)19-17-23-13-11-15-25(21-23)24-14-10-12-22(20-24)16-18-26(28(36)39-8)33-29(37)40-31(2,3)4/h10-15,20-21,26H,9,16-19H2,1-8H3,(H,33,37)/t26-/m0/s1. The minimum Gasteiger partial charge on any atom is -0.467 e. The molecule has 0 radical (unpaired) electrons. The number of imide groups is 1. The van der Waals surface area contributed by atoms with E-state index in [1.54, 1.807) is 48.5 Å². The Hall–Kier alpha value is -3.88. The number of methoxy groups -OCH3 is 1. The quantitative estimate of drug-likeness (QED) is 0.274. The summed E-state index contributed by atoms with van der Waals surface area (Å²) >= 11 is 0. The van der Waals surface area contributed by atoms with Crippen LogP contribution in [0.4, 0.5) is 9.59 Å². The number of carbonyl (C=O) groups is 4. The molecule has 0 unspecified atom stereocenters. The minimum absolute atomic E-state index is 0.177. The number of hydrogen-bond donors (Lipinski definition) is 1. The molecule has 0 aliphatic carbocycles. The third kappa shape index (κ3) is 11.6. The lowest BCUT2D eigenvalue weighted by Crippen LogP contribution is -2.44. The number of rotatable bonds is 10. The van der Waals surface area contributed by atoms with E-state index in [-0.39, 0.29) is 18.9 Å². The molecule has 41 heavy (non-hydrogen) atoms. The van der Waals surface area contributed by atoms with Gasteiger partial charge in [-0.2, -0.15) is 0 Å². The molecular weight excluding hydrogens is 524 g/mol. The fourth-order valence-corrected chi connectivity index (χ4v) is 4.08. The van der Waals surface area contributed by atoms with Crippen molar-refractivity contribution in [3.63, 3.8) is 0 Å². The number of carbonyl (C=O) groups excluding carboxylic acids is 4. The first-order valence-corrected chi connectivity index (χ1v) is 13.9. The van der Waals surface area contributed by atoms with E-state index in [2.05, 4.69) is 5.32 Å². The van der Waals surface area contributed by atoms with Gasteiger partial charge in [-0.15, -0.1) is 0 Å². The Morgan fingerprint density at radius 2 is 1.37 bits per heavy atom. The molecule has 0 heterocycles. The molecule has 2 aromatic rings. The monoisotopic (exact) mass is 568 g/mol. The Labute approximate surface area is 243 Å². The Morgan fingerprint density at radius 1 is 0.829 bits per heavy atom. The summed E-state index contributed by atoms with van der Waals surface area (Å²) in [5.74, 6) is -0.822. The van der Waals surface area contributed by atoms with Crippen molar-refractivity contribution in [2.24, 2.45) is 0 Å². The van der Waals surface area contributed by atoms with E-state index in [1.807, 2.05) is 48.5 Å². The van der Waals surface area contributed by atoms with Crippen molar-refractivity contribution < 1.29 is 33.4 Å². The summed E-state index contributed by atoms with van der Waals surface area (Å²) in [5, 5.41) is 2.61. The largest absolute Gasteiger partial charge is 0.467 e. The number of aryl methyl sites for hydroxylation is 2. The molecule has 9 nitrogen and oxygen atoms in total. The van der Waals surface area contributed by atoms with Crippen LogP contribution in [0.1, 0.15) is 72.4 Å². The second-order valence-corrected chi connectivity index (χ2v) is 11.8. The van der Waals surface area contributed by atoms with E-state index in [0.29, 0.717) is 19.3 Å². The fourth-order valence-electron chi connectivity index (χ4n) is 4.08. The van der Waals surface area contributed by atoms with Gasteiger partial charge in [0.05, 0.1) is 7.11 Å². The maximum Gasteiger partial charge on any atom is 0.417 e.